The number of nitrogens with one attached hydrogen (secondary N) is 1. The number of rotatable bonds is 8. The molecule has 2 fully saturated rings. The zero-order chi connectivity index (χ0) is 29.0. The van der Waals surface area contributed by atoms with Crippen LogP contribution in [0.4, 0.5) is 10.6 Å². The van der Waals surface area contributed by atoms with Gasteiger partial charge in [-0.15, -0.1) is 0 Å². The summed E-state index contributed by atoms with van der Waals surface area (Å²) in [6, 6.07) is 6.33. The molecule has 2 saturated heterocycles. The molecule has 40 heavy (non-hydrogen) atoms. The Balaban J connectivity index is 1.73. The van der Waals surface area contributed by atoms with Crippen molar-refractivity contribution >= 4 is 35.4 Å². The van der Waals surface area contributed by atoms with Gasteiger partial charge >= 0.3 is 12.1 Å². The Morgan fingerprint density at radius 1 is 1.15 bits per heavy atom. The Hall–Kier alpha value is -3.31. The molecule has 2 amide bonds. The summed E-state index contributed by atoms with van der Waals surface area (Å²) >= 11 is 6.54. The highest BCUT2D eigenvalue weighted by Crippen LogP contribution is 2.33. The summed E-state index contributed by atoms with van der Waals surface area (Å²) < 4.78 is 12.6. The fourth-order valence-electron chi connectivity index (χ4n) is 5.39. The number of anilines is 1. The zero-order valence-electron chi connectivity index (χ0n) is 23.5. The molecule has 1 aromatic heterocycles. The summed E-state index contributed by atoms with van der Waals surface area (Å²) in [5, 5.41) is 17.9. The fraction of sp³-hybridized carbons (Fsp3) is 0.571. The van der Waals surface area contributed by atoms with Crippen molar-refractivity contribution in [3.8, 4) is 0 Å². The number of carboxylic acids is 1. The number of carbonyl (C=O) groups is 3. The largest absolute Gasteiger partial charge is 0.480 e. The van der Waals surface area contributed by atoms with Crippen LogP contribution in [0.1, 0.15) is 68.1 Å². The summed E-state index contributed by atoms with van der Waals surface area (Å²) in [6.45, 7) is 7.03. The van der Waals surface area contributed by atoms with Crippen LogP contribution in [-0.4, -0.2) is 82.2 Å². The van der Waals surface area contributed by atoms with Crippen LogP contribution in [0.2, 0.25) is 5.02 Å². The first-order chi connectivity index (χ1) is 19.0. The maximum absolute atomic E-state index is 13.9. The van der Waals surface area contributed by atoms with E-state index in [0.717, 1.165) is 18.4 Å². The molecule has 1 aromatic carbocycles. The standard InChI is InChI=1S/C28H38ClN5O6/c1-28(2,3)40-27(38)30-19-10-7-13-32(16-19)24-20(15-18-9-5-6-11-21(18)29)23(31-34(24)17-39-4)25(35)33-14-8-12-22(33)26(36)37/h5-6,9,11,19,22H,7-8,10,12-17H2,1-4H3,(H,30,38)(H,36,37)/t19-,22+/m1/s1. The van der Waals surface area contributed by atoms with Gasteiger partial charge in [0.2, 0.25) is 0 Å². The second kappa shape index (κ2) is 12.5. The molecular weight excluding hydrogens is 538 g/mol. The Bertz CT molecular complexity index is 1240. The Kier molecular flexibility index (Phi) is 9.25. The predicted molar refractivity (Wildman–Crippen MR) is 150 cm³/mol. The Labute approximate surface area is 239 Å². The van der Waals surface area contributed by atoms with E-state index in [1.54, 1.807) is 17.9 Å². The van der Waals surface area contributed by atoms with Crippen molar-refractivity contribution in [3.63, 3.8) is 0 Å². The quantitative estimate of drug-likeness (QED) is 0.485. The SMILES string of the molecule is COCn1nc(C(=O)N2CCC[C@H]2C(=O)O)c(Cc2ccccc2Cl)c1N1CCC[C@@H](NC(=O)OC(C)(C)C)C1. The molecule has 0 spiro atoms. The number of halogens is 1. The molecule has 2 aliphatic heterocycles. The molecule has 0 unspecified atom stereocenters. The van der Waals surface area contributed by atoms with Crippen LogP contribution in [0.5, 0.6) is 0 Å². The van der Waals surface area contributed by atoms with Crippen molar-refractivity contribution in [1.82, 2.24) is 20.0 Å². The number of benzene rings is 1. The predicted octanol–water partition coefficient (Wildman–Crippen LogP) is 3.91. The number of alkyl carbamates (subject to hydrolysis) is 1. The summed E-state index contributed by atoms with van der Waals surface area (Å²) in [4.78, 5) is 41.8. The Morgan fingerprint density at radius 3 is 2.55 bits per heavy atom. The van der Waals surface area contributed by atoms with Gasteiger partial charge in [0.1, 0.15) is 24.2 Å². The molecule has 218 valence electrons. The minimum Gasteiger partial charge on any atom is -0.480 e. The highest BCUT2D eigenvalue weighted by atomic mass is 35.5. The number of amides is 2. The first-order valence-corrected chi connectivity index (χ1v) is 14.0. The average molecular weight is 576 g/mol. The van der Waals surface area contributed by atoms with E-state index in [4.69, 9.17) is 21.1 Å². The van der Waals surface area contributed by atoms with Crippen LogP contribution in [0.25, 0.3) is 0 Å². The first kappa shape index (κ1) is 29.7. The number of piperidine rings is 1. The lowest BCUT2D eigenvalue weighted by molar-refractivity contribution is -0.141. The number of carboxylic acid groups (broad SMARTS) is 1. The van der Waals surface area contributed by atoms with Gasteiger partial charge in [-0.2, -0.15) is 5.10 Å². The second-order valence-corrected chi connectivity index (χ2v) is 11.7. The Morgan fingerprint density at radius 2 is 1.88 bits per heavy atom. The van der Waals surface area contributed by atoms with Gasteiger partial charge in [-0.05, 0) is 58.1 Å². The number of aliphatic carboxylic acids is 1. The molecule has 0 saturated carbocycles. The monoisotopic (exact) mass is 575 g/mol. The van der Waals surface area contributed by atoms with Crippen LogP contribution in [0.15, 0.2) is 24.3 Å². The van der Waals surface area contributed by atoms with Gasteiger partial charge in [0, 0.05) is 49.8 Å². The number of nitrogens with zero attached hydrogens (tertiary/aromatic N) is 4. The summed E-state index contributed by atoms with van der Waals surface area (Å²) in [6.07, 6.45) is 2.40. The lowest BCUT2D eigenvalue weighted by Crippen LogP contribution is -2.49. The molecule has 4 rings (SSSR count). The lowest BCUT2D eigenvalue weighted by Gasteiger charge is -2.35. The van der Waals surface area contributed by atoms with E-state index in [9.17, 15) is 19.5 Å². The number of likely N-dealkylation sites (tertiary alicyclic amines) is 1. The van der Waals surface area contributed by atoms with Gasteiger partial charge in [-0.3, -0.25) is 4.79 Å². The van der Waals surface area contributed by atoms with E-state index in [0.29, 0.717) is 55.3 Å². The third-order valence-corrected chi connectivity index (χ3v) is 7.41. The third kappa shape index (κ3) is 6.87. The minimum atomic E-state index is -1.03. The highest BCUT2D eigenvalue weighted by Gasteiger charge is 2.38. The molecule has 0 aliphatic carbocycles. The number of carbonyl (C=O) groups excluding carboxylic acids is 2. The average Bonchev–Trinajstić information content (AvgIpc) is 3.50. The zero-order valence-corrected chi connectivity index (χ0v) is 24.2. The number of hydrogen-bond acceptors (Lipinski definition) is 7. The van der Waals surface area contributed by atoms with E-state index < -0.39 is 29.6 Å². The van der Waals surface area contributed by atoms with Crippen LogP contribution < -0.4 is 10.2 Å². The van der Waals surface area contributed by atoms with Crippen molar-refractivity contribution < 1.29 is 29.0 Å². The van der Waals surface area contributed by atoms with Crippen LogP contribution in [0.3, 0.4) is 0 Å². The highest BCUT2D eigenvalue weighted by molar-refractivity contribution is 6.31. The normalized spacial score (nSPS) is 19.5. The molecule has 0 bridgehead atoms. The number of hydrogen-bond donors (Lipinski definition) is 2. The number of methoxy groups -OCH3 is 1. The molecule has 2 aliphatic rings. The lowest BCUT2D eigenvalue weighted by atomic mass is 10.0. The molecule has 2 N–H and O–H groups in total. The third-order valence-electron chi connectivity index (χ3n) is 7.04. The second-order valence-electron chi connectivity index (χ2n) is 11.3. The van der Waals surface area contributed by atoms with Gasteiger partial charge in [-0.1, -0.05) is 29.8 Å². The first-order valence-electron chi connectivity index (χ1n) is 13.6. The minimum absolute atomic E-state index is 0.0845. The van der Waals surface area contributed by atoms with Gasteiger partial charge in [0.25, 0.3) is 5.91 Å². The smallest absolute Gasteiger partial charge is 0.407 e. The van der Waals surface area contributed by atoms with E-state index >= 15 is 0 Å². The molecule has 3 heterocycles. The van der Waals surface area contributed by atoms with Crippen LogP contribution in [0, 0.1) is 0 Å². The summed E-state index contributed by atoms with van der Waals surface area (Å²) in [5.41, 5.74) is 1.02. The summed E-state index contributed by atoms with van der Waals surface area (Å²) in [5.74, 6) is -0.766. The molecule has 2 atom stereocenters. The summed E-state index contributed by atoms with van der Waals surface area (Å²) in [7, 11) is 1.55. The van der Waals surface area contributed by atoms with Crippen molar-refractivity contribution in [2.24, 2.45) is 0 Å². The van der Waals surface area contributed by atoms with Crippen molar-refractivity contribution in [2.45, 2.75) is 77.3 Å². The maximum Gasteiger partial charge on any atom is 0.407 e. The van der Waals surface area contributed by atoms with E-state index in [2.05, 4.69) is 15.3 Å². The molecule has 11 nitrogen and oxygen atoms in total. The van der Waals surface area contributed by atoms with Gasteiger partial charge < -0.3 is 29.7 Å². The molecule has 12 heteroatoms. The van der Waals surface area contributed by atoms with E-state index in [1.807, 2.05) is 39.0 Å². The van der Waals surface area contributed by atoms with Gasteiger partial charge in [0.15, 0.2) is 5.69 Å². The van der Waals surface area contributed by atoms with Crippen LogP contribution in [-0.2, 0) is 27.4 Å². The van der Waals surface area contributed by atoms with Gasteiger partial charge in [-0.25, -0.2) is 14.3 Å². The van der Waals surface area contributed by atoms with E-state index in [-0.39, 0.29) is 18.5 Å². The number of aromatic nitrogens is 2. The topological polar surface area (TPSA) is 126 Å². The van der Waals surface area contributed by atoms with Crippen molar-refractivity contribution in [3.05, 3.63) is 46.1 Å². The van der Waals surface area contributed by atoms with Crippen molar-refractivity contribution in [1.29, 1.82) is 0 Å². The fourth-order valence-corrected chi connectivity index (χ4v) is 5.59. The van der Waals surface area contributed by atoms with E-state index in [1.165, 1.54) is 4.90 Å². The van der Waals surface area contributed by atoms with Gasteiger partial charge in [0.05, 0.1) is 0 Å². The molecule has 0 radical (unpaired) electrons. The molecular formula is C28H38ClN5O6. The maximum atomic E-state index is 13.9. The number of ether oxygens (including phenoxy) is 2. The van der Waals surface area contributed by atoms with Crippen LogP contribution >= 0.6 is 11.6 Å². The molecule has 2 aromatic rings. The van der Waals surface area contributed by atoms with Crippen molar-refractivity contribution in [2.75, 3.05) is 31.6 Å².